The van der Waals surface area contributed by atoms with Crippen molar-refractivity contribution < 1.29 is 4.39 Å². The number of aromatic amines is 1. The zero-order valence-electron chi connectivity index (χ0n) is 14.5. The van der Waals surface area contributed by atoms with E-state index in [1.165, 1.54) is 17.2 Å². The van der Waals surface area contributed by atoms with Crippen LogP contribution in [0.2, 0.25) is 0 Å². The predicted molar refractivity (Wildman–Crippen MR) is 96.5 cm³/mol. The summed E-state index contributed by atoms with van der Waals surface area (Å²) in [5, 5.41) is 0. The summed E-state index contributed by atoms with van der Waals surface area (Å²) in [6.45, 7) is 8.52. The van der Waals surface area contributed by atoms with Gasteiger partial charge in [0.05, 0.1) is 11.0 Å². The van der Waals surface area contributed by atoms with Crippen LogP contribution in [-0.2, 0) is 5.41 Å². The Morgan fingerprint density at radius 2 is 1.88 bits per heavy atom. The first-order chi connectivity index (χ1) is 11.3. The molecule has 1 aliphatic rings. The van der Waals surface area contributed by atoms with Crippen molar-refractivity contribution in [1.82, 2.24) is 9.97 Å². The van der Waals surface area contributed by atoms with Gasteiger partial charge < -0.3 is 10.7 Å². The van der Waals surface area contributed by atoms with Crippen LogP contribution in [0.3, 0.4) is 0 Å². The minimum absolute atomic E-state index is 0.0314. The van der Waals surface area contributed by atoms with E-state index < -0.39 is 0 Å². The van der Waals surface area contributed by atoms with Gasteiger partial charge in [-0.1, -0.05) is 13.8 Å². The molecule has 4 rings (SSSR count). The molecule has 2 unspecified atom stereocenters. The van der Waals surface area contributed by atoms with Crippen LogP contribution in [0.25, 0.3) is 22.4 Å². The number of nitrogens with one attached hydrogen (secondary N) is 1. The molecule has 3 nitrogen and oxygen atoms in total. The van der Waals surface area contributed by atoms with Crippen molar-refractivity contribution in [1.29, 1.82) is 0 Å². The molecule has 1 fully saturated rings. The van der Waals surface area contributed by atoms with Crippen molar-refractivity contribution in [3.63, 3.8) is 0 Å². The molecule has 3 aromatic rings. The number of nitrogens with zero attached hydrogens (tertiary/aromatic N) is 1. The number of nitrogen functional groups attached to an aromatic ring is 1. The van der Waals surface area contributed by atoms with E-state index in [0.29, 0.717) is 11.6 Å². The summed E-state index contributed by atoms with van der Waals surface area (Å²) in [6.07, 6.45) is 1.04. The SMILES string of the molecule is Cc1cc2nc(-c3c(N)cc(F)cc3C3(C)CC3C)[nH]c2cc1C. The molecule has 124 valence electrons. The maximum Gasteiger partial charge on any atom is 0.140 e. The van der Waals surface area contributed by atoms with Gasteiger partial charge in [0.1, 0.15) is 11.6 Å². The van der Waals surface area contributed by atoms with E-state index in [2.05, 4.69) is 44.8 Å². The Kier molecular flexibility index (Phi) is 3.05. The first-order valence-electron chi connectivity index (χ1n) is 8.36. The zero-order valence-corrected chi connectivity index (χ0v) is 14.5. The quantitative estimate of drug-likeness (QED) is 0.661. The smallest absolute Gasteiger partial charge is 0.140 e. The molecule has 0 aliphatic heterocycles. The molecule has 0 radical (unpaired) electrons. The van der Waals surface area contributed by atoms with Crippen LogP contribution < -0.4 is 5.73 Å². The molecule has 1 saturated carbocycles. The van der Waals surface area contributed by atoms with Crippen LogP contribution in [-0.4, -0.2) is 9.97 Å². The molecule has 1 aliphatic carbocycles. The third-order valence-corrected chi connectivity index (χ3v) is 5.74. The standard InChI is InChI=1S/C20H22FN3/c1-10-5-16-17(6-11(10)2)24-19(23-16)18-14(20(4)9-12(20)3)7-13(21)8-15(18)22/h5-8,12H,9,22H2,1-4H3,(H,23,24). The second-order valence-electron chi connectivity index (χ2n) is 7.48. The Morgan fingerprint density at radius 1 is 1.21 bits per heavy atom. The number of H-pyrrole nitrogens is 1. The van der Waals surface area contributed by atoms with Crippen molar-refractivity contribution in [2.45, 2.75) is 39.5 Å². The van der Waals surface area contributed by atoms with Gasteiger partial charge in [0.25, 0.3) is 0 Å². The summed E-state index contributed by atoms with van der Waals surface area (Å²) in [6, 6.07) is 7.19. The van der Waals surface area contributed by atoms with Crippen molar-refractivity contribution in [2.24, 2.45) is 5.92 Å². The topological polar surface area (TPSA) is 54.7 Å². The number of halogens is 1. The summed E-state index contributed by atoms with van der Waals surface area (Å²) in [7, 11) is 0. The van der Waals surface area contributed by atoms with Gasteiger partial charge in [-0.2, -0.15) is 0 Å². The Morgan fingerprint density at radius 3 is 2.54 bits per heavy atom. The van der Waals surface area contributed by atoms with Gasteiger partial charge in [-0.3, -0.25) is 0 Å². The number of benzene rings is 2. The highest BCUT2D eigenvalue weighted by Gasteiger charge is 2.49. The van der Waals surface area contributed by atoms with E-state index in [4.69, 9.17) is 10.7 Å². The number of anilines is 1. The van der Waals surface area contributed by atoms with Gasteiger partial charge in [0, 0.05) is 11.3 Å². The highest BCUT2D eigenvalue weighted by atomic mass is 19.1. The van der Waals surface area contributed by atoms with Crippen LogP contribution in [0, 0.1) is 25.6 Å². The van der Waals surface area contributed by atoms with Gasteiger partial charge in [-0.25, -0.2) is 9.37 Å². The number of aromatic nitrogens is 2. The molecule has 0 amide bonds. The Labute approximate surface area is 141 Å². The number of hydrogen-bond acceptors (Lipinski definition) is 2. The fourth-order valence-electron chi connectivity index (χ4n) is 3.68. The van der Waals surface area contributed by atoms with Gasteiger partial charge in [0.15, 0.2) is 0 Å². The molecular weight excluding hydrogens is 301 g/mol. The van der Waals surface area contributed by atoms with Gasteiger partial charge >= 0.3 is 0 Å². The van der Waals surface area contributed by atoms with Crippen LogP contribution in [0.15, 0.2) is 24.3 Å². The second kappa shape index (κ2) is 4.82. The van der Waals surface area contributed by atoms with Crippen molar-refractivity contribution in [3.05, 3.63) is 46.8 Å². The van der Waals surface area contributed by atoms with Crippen molar-refractivity contribution in [3.8, 4) is 11.4 Å². The molecule has 1 aromatic heterocycles. The fraction of sp³-hybridized carbons (Fsp3) is 0.350. The third kappa shape index (κ3) is 2.13. The second-order valence-corrected chi connectivity index (χ2v) is 7.48. The number of rotatable bonds is 2. The Bertz CT molecular complexity index is 934. The van der Waals surface area contributed by atoms with Crippen LogP contribution in [0.4, 0.5) is 10.1 Å². The summed E-state index contributed by atoms with van der Waals surface area (Å²) < 4.78 is 14.0. The van der Waals surface area contributed by atoms with Crippen molar-refractivity contribution in [2.75, 3.05) is 5.73 Å². The molecule has 0 saturated heterocycles. The minimum Gasteiger partial charge on any atom is -0.398 e. The van der Waals surface area contributed by atoms with Crippen LogP contribution >= 0.6 is 0 Å². The van der Waals surface area contributed by atoms with Gasteiger partial charge in [-0.15, -0.1) is 0 Å². The average Bonchev–Trinajstić information content (AvgIpc) is 2.92. The lowest BCUT2D eigenvalue weighted by molar-refractivity contribution is 0.617. The van der Waals surface area contributed by atoms with E-state index in [1.54, 1.807) is 6.07 Å². The molecule has 2 atom stereocenters. The third-order valence-electron chi connectivity index (χ3n) is 5.74. The minimum atomic E-state index is -0.283. The van der Waals surface area contributed by atoms with E-state index in [1.807, 2.05) is 0 Å². The lowest BCUT2D eigenvalue weighted by Crippen LogP contribution is -2.09. The number of fused-ring (bicyclic) bond motifs is 1. The van der Waals surface area contributed by atoms with E-state index >= 15 is 0 Å². The number of nitrogens with two attached hydrogens (primary N) is 1. The van der Waals surface area contributed by atoms with Crippen LogP contribution in [0.5, 0.6) is 0 Å². The van der Waals surface area contributed by atoms with E-state index in [9.17, 15) is 4.39 Å². The molecule has 0 spiro atoms. The predicted octanol–water partition coefficient (Wildman–Crippen LogP) is 4.87. The van der Waals surface area contributed by atoms with Crippen LogP contribution in [0.1, 0.15) is 37.0 Å². The Balaban J connectivity index is 1.97. The van der Waals surface area contributed by atoms with E-state index in [-0.39, 0.29) is 11.2 Å². The molecule has 2 aromatic carbocycles. The first kappa shape index (κ1) is 15.2. The molecule has 4 heteroatoms. The Hall–Kier alpha value is -2.36. The summed E-state index contributed by atoms with van der Waals surface area (Å²) >= 11 is 0. The first-order valence-corrected chi connectivity index (χ1v) is 8.36. The molecule has 3 N–H and O–H groups in total. The molecular formula is C20H22FN3. The monoisotopic (exact) mass is 323 g/mol. The van der Waals surface area contributed by atoms with Gasteiger partial charge in [-0.05, 0) is 72.6 Å². The molecule has 0 bridgehead atoms. The van der Waals surface area contributed by atoms with E-state index in [0.717, 1.165) is 34.4 Å². The summed E-state index contributed by atoms with van der Waals surface area (Å²) in [5.41, 5.74) is 12.7. The largest absolute Gasteiger partial charge is 0.398 e. The molecule has 24 heavy (non-hydrogen) atoms. The van der Waals surface area contributed by atoms with Gasteiger partial charge in [0.2, 0.25) is 0 Å². The van der Waals surface area contributed by atoms with Crippen molar-refractivity contribution >= 4 is 16.7 Å². The number of aryl methyl sites for hydroxylation is 2. The molecule has 1 heterocycles. The summed E-state index contributed by atoms with van der Waals surface area (Å²) in [4.78, 5) is 8.13. The maximum absolute atomic E-state index is 14.0. The lowest BCUT2D eigenvalue weighted by Gasteiger charge is -2.17. The normalized spacial score (nSPS) is 23.0. The highest BCUT2D eigenvalue weighted by molar-refractivity contribution is 5.85. The average molecular weight is 323 g/mol. The summed E-state index contributed by atoms with van der Waals surface area (Å²) in [5.74, 6) is 0.962. The maximum atomic E-state index is 14.0. The highest BCUT2D eigenvalue weighted by Crippen LogP contribution is 2.56. The fourth-order valence-corrected chi connectivity index (χ4v) is 3.68. The number of hydrogen-bond donors (Lipinski definition) is 2. The number of imidazole rings is 1. The lowest BCUT2D eigenvalue weighted by atomic mass is 9.89. The zero-order chi connectivity index (χ0) is 17.2.